The predicted octanol–water partition coefficient (Wildman–Crippen LogP) is 4.07. The van der Waals surface area contributed by atoms with E-state index in [1.807, 2.05) is 0 Å². The molecule has 1 unspecified atom stereocenters. The summed E-state index contributed by atoms with van der Waals surface area (Å²) >= 11 is 0. The Balaban J connectivity index is 4.45. The number of nitrogens with two attached hydrogens (primary N) is 2. The highest BCUT2D eigenvalue weighted by Gasteiger charge is 2.37. The fourth-order valence-electron chi connectivity index (χ4n) is 1.96. The monoisotopic (exact) mass is 256 g/mol. The third-order valence-corrected chi connectivity index (χ3v) is 5.67. The molecule has 2 heteroatoms. The molecule has 0 saturated carbocycles. The van der Waals surface area contributed by atoms with E-state index >= 15 is 0 Å². The van der Waals surface area contributed by atoms with Crippen molar-refractivity contribution in [3.05, 3.63) is 0 Å². The highest BCUT2D eigenvalue weighted by Crippen LogP contribution is 2.39. The highest BCUT2D eigenvalue weighted by molar-refractivity contribution is 4.95. The van der Waals surface area contributed by atoms with E-state index in [2.05, 4.69) is 55.4 Å². The Kier molecular flexibility index (Phi) is 5.48. The number of hydrogen-bond acceptors (Lipinski definition) is 2. The van der Waals surface area contributed by atoms with Gasteiger partial charge in [-0.05, 0) is 50.9 Å². The molecule has 0 saturated heterocycles. The van der Waals surface area contributed by atoms with Gasteiger partial charge in [0.15, 0.2) is 0 Å². The van der Waals surface area contributed by atoms with Gasteiger partial charge in [-0.3, -0.25) is 0 Å². The minimum atomic E-state index is -0.141. The second-order valence-corrected chi connectivity index (χ2v) is 8.11. The molecule has 0 rings (SSSR count). The van der Waals surface area contributed by atoms with Crippen molar-refractivity contribution in [1.29, 1.82) is 0 Å². The smallest absolute Gasteiger partial charge is 0.0177 e. The van der Waals surface area contributed by atoms with E-state index in [0.29, 0.717) is 0 Å². The van der Waals surface area contributed by atoms with Crippen LogP contribution in [0.4, 0.5) is 0 Å². The van der Waals surface area contributed by atoms with Crippen molar-refractivity contribution in [2.75, 3.05) is 0 Å². The molecule has 0 aliphatic carbocycles. The highest BCUT2D eigenvalue weighted by atomic mass is 14.8. The quantitative estimate of drug-likeness (QED) is 0.721. The summed E-state index contributed by atoms with van der Waals surface area (Å²) < 4.78 is 0. The average Bonchev–Trinajstić information content (AvgIpc) is 2.14. The molecule has 1 atom stereocenters. The Morgan fingerprint density at radius 1 is 0.722 bits per heavy atom. The summed E-state index contributed by atoms with van der Waals surface area (Å²) in [4.78, 5) is 0. The summed E-state index contributed by atoms with van der Waals surface area (Å²) in [6, 6.07) is 0. The van der Waals surface area contributed by atoms with Crippen molar-refractivity contribution in [3.8, 4) is 0 Å². The molecule has 110 valence electrons. The van der Waals surface area contributed by atoms with Crippen LogP contribution in [0.3, 0.4) is 0 Å². The third-order valence-electron chi connectivity index (χ3n) is 5.67. The third kappa shape index (κ3) is 4.24. The fourth-order valence-corrected chi connectivity index (χ4v) is 1.96. The van der Waals surface area contributed by atoms with Gasteiger partial charge in [-0.2, -0.15) is 0 Å². The van der Waals surface area contributed by atoms with Gasteiger partial charge in [0.2, 0.25) is 0 Å². The first kappa shape index (κ1) is 17.9. The SMILES string of the molecule is CCC(C)(C)C(C)(N)CCCC(C)(C)C(C)(C)N. The summed E-state index contributed by atoms with van der Waals surface area (Å²) in [5.74, 6) is 0. The van der Waals surface area contributed by atoms with E-state index < -0.39 is 0 Å². The summed E-state index contributed by atoms with van der Waals surface area (Å²) in [6.45, 7) is 17.7. The molecule has 0 spiro atoms. The fraction of sp³-hybridized carbons (Fsp3) is 1.00. The molecule has 0 fully saturated rings. The molecule has 0 aromatic rings. The molecule has 0 aromatic carbocycles. The molecule has 0 bridgehead atoms. The van der Waals surface area contributed by atoms with Crippen molar-refractivity contribution in [2.24, 2.45) is 22.3 Å². The van der Waals surface area contributed by atoms with E-state index in [1.165, 1.54) is 0 Å². The second kappa shape index (κ2) is 5.50. The van der Waals surface area contributed by atoms with Crippen LogP contribution in [0.15, 0.2) is 0 Å². The van der Waals surface area contributed by atoms with Crippen molar-refractivity contribution in [2.45, 2.75) is 92.2 Å². The van der Waals surface area contributed by atoms with Crippen LogP contribution in [0.25, 0.3) is 0 Å². The van der Waals surface area contributed by atoms with Gasteiger partial charge in [0.1, 0.15) is 0 Å². The van der Waals surface area contributed by atoms with Crippen LogP contribution in [0, 0.1) is 10.8 Å². The van der Waals surface area contributed by atoms with E-state index in [1.54, 1.807) is 0 Å². The molecule has 0 heterocycles. The van der Waals surface area contributed by atoms with Crippen LogP contribution in [0.5, 0.6) is 0 Å². The van der Waals surface area contributed by atoms with Gasteiger partial charge < -0.3 is 11.5 Å². The van der Waals surface area contributed by atoms with Crippen LogP contribution in [0.1, 0.15) is 81.1 Å². The first-order chi connectivity index (χ1) is 7.77. The van der Waals surface area contributed by atoms with Gasteiger partial charge in [-0.25, -0.2) is 0 Å². The Labute approximate surface area is 115 Å². The first-order valence-corrected chi connectivity index (χ1v) is 7.35. The zero-order valence-corrected chi connectivity index (χ0v) is 14.0. The normalized spacial score (nSPS) is 17.7. The largest absolute Gasteiger partial charge is 0.325 e. The number of rotatable bonds is 7. The van der Waals surface area contributed by atoms with E-state index in [-0.39, 0.29) is 21.9 Å². The van der Waals surface area contributed by atoms with Gasteiger partial charge in [0.25, 0.3) is 0 Å². The second-order valence-electron chi connectivity index (χ2n) is 8.11. The zero-order chi connectivity index (χ0) is 14.8. The molecular formula is C16H36N2. The van der Waals surface area contributed by atoms with Gasteiger partial charge >= 0.3 is 0 Å². The first-order valence-electron chi connectivity index (χ1n) is 7.35. The topological polar surface area (TPSA) is 52.0 Å². The van der Waals surface area contributed by atoms with Crippen LogP contribution in [-0.2, 0) is 0 Å². The van der Waals surface area contributed by atoms with Gasteiger partial charge in [0, 0.05) is 11.1 Å². The molecular weight excluding hydrogens is 220 g/mol. The molecule has 0 radical (unpaired) electrons. The van der Waals surface area contributed by atoms with Gasteiger partial charge in [-0.15, -0.1) is 0 Å². The summed E-state index contributed by atoms with van der Waals surface area (Å²) in [5, 5.41) is 0. The predicted molar refractivity (Wildman–Crippen MR) is 82.6 cm³/mol. The molecule has 2 nitrogen and oxygen atoms in total. The Morgan fingerprint density at radius 3 is 1.50 bits per heavy atom. The van der Waals surface area contributed by atoms with E-state index in [9.17, 15) is 0 Å². The Morgan fingerprint density at radius 2 is 1.17 bits per heavy atom. The molecule has 18 heavy (non-hydrogen) atoms. The zero-order valence-electron chi connectivity index (χ0n) is 14.0. The van der Waals surface area contributed by atoms with E-state index in [0.717, 1.165) is 25.7 Å². The Hall–Kier alpha value is -0.0800. The van der Waals surface area contributed by atoms with Crippen molar-refractivity contribution in [1.82, 2.24) is 0 Å². The summed E-state index contributed by atoms with van der Waals surface area (Å²) in [7, 11) is 0. The lowest BCUT2D eigenvalue weighted by Gasteiger charge is -2.43. The maximum atomic E-state index is 6.51. The minimum Gasteiger partial charge on any atom is -0.325 e. The van der Waals surface area contributed by atoms with Crippen molar-refractivity contribution in [3.63, 3.8) is 0 Å². The maximum Gasteiger partial charge on any atom is 0.0177 e. The lowest BCUT2D eigenvalue weighted by Crippen LogP contribution is -2.50. The molecule has 4 N–H and O–H groups in total. The summed E-state index contributed by atoms with van der Waals surface area (Å²) in [6.07, 6.45) is 4.45. The number of hydrogen-bond donors (Lipinski definition) is 2. The standard InChI is InChI=1S/C16H36N2/c1-9-13(2,3)16(8,18)12-10-11-14(4,5)15(6,7)17/h9-12,17-18H2,1-8H3. The summed E-state index contributed by atoms with van der Waals surface area (Å²) in [5.41, 5.74) is 12.9. The van der Waals surface area contributed by atoms with Crippen molar-refractivity contribution < 1.29 is 0 Å². The van der Waals surface area contributed by atoms with Crippen molar-refractivity contribution >= 4 is 0 Å². The molecule has 0 aliphatic heterocycles. The van der Waals surface area contributed by atoms with E-state index in [4.69, 9.17) is 11.5 Å². The Bertz CT molecular complexity index is 257. The van der Waals surface area contributed by atoms with Gasteiger partial charge in [-0.1, -0.05) is 41.0 Å². The lowest BCUT2D eigenvalue weighted by atomic mass is 9.67. The van der Waals surface area contributed by atoms with Gasteiger partial charge in [0.05, 0.1) is 0 Å². The lowest BCUT2D eigenvalue weighted by molar-refractivity contribution is 0.136. The average molecular weight is 256 g/mol. The molecule has 0 aromatic heterocycles. The molecule has 0 amide bonds. The molecule has 0 aliphatic rings. The van der Waals surface area contributed by atoms with Crippen LogP contribution in [0.2, 0.25) is 0 Å². The minimum absolute atomic E-state index is 0.101. The van der Waals surface area contributed by atoms with Crippen LogP contribution < -0.4 is 11.5 Å². The van der Waals surface area contributed by atoms with Crippen LogP contribution >= 0.6 is 0 Å². The maximum absolute atomic E-state index is 6.51. The van der Waals surface area contributed by atoms with Crippen LogP contribution in [-0.4, -0.2) is 11.1 Å².